The Balaban J connectivity index is 2.30. The molecule has 0 spiro atoms. The Kier molecular flexibility index (Phi) is 4.67. The molecule has 0 amide bonds. The number of hydrogen-bond acceptors (Lipinski definition) is 3. The van der Waals surface area contributed by atoms with Gasteiger partial charge in [0.05, 0.1) is 0 Å². The first kappa shape index (κ1) is 16.0. The Labute approximate surface area is 133 Å². The highest BCUT2D eigenvalue weighted by molar-refractivity contribution is 9.10. The molecule has 112 valence electrons. The minimum Gasteiger partial charge on any atom is -0.459 e. The Hall–Kier alpha value is -1.42. The minimum absolute atomic E-state index is 0.162. The number of hydrogen-bond donors (Lipinski definition) is 0. The van der Waals surface area contributed by atoms with E-state index in [9.17, 15) is 9.59 Å². The van der Waals surface area contributed by atoms with Crippen LogP contribution in [0.3, 0.4) is 0 Å². The number of halogens is 1. The Bertz CT molecular complexity index is 567. The summed E-state index contributed by atoms with van der Waals surface area (Å²) >= 11 is 3.39. The summed E-state index contributed by atoms with van der Waals surface area (Å²) in [6.07, 6.45) is 3.98. The number of benzene rings is 1. The summed E-state index contributed by atoms with van der Waals surface area (Å²) in [4.78, 5) is 24.6. The van der Waals surface area contributed by atoms with Gasteiger partial charge in [0.25, 0.3) is 0 Å². The lowest BCUT2D eigenvalue weighted by Crippen LogP contribution is -2.37. The summed E-state index contributed by atoms with van der Waals surface area (Å²) in [5.74, 6) is -1.53. The van der Waals surface area contributed by atoms with Crippen LogP contribution in [0.15, 0.2) is 40.9 Å². The number of esters is 1. The molecule has 4 heteroatoms. The molecule has 0 unspecified atom stereocenters. The second-order valence-corrected chi connectivity index (χ2v) is 7.13. The number of ketones is 1. The molecule has 0 aromatic heterocycles. The molecule has 0 saturated carbocycles. The topological polar surface area (TPSA) is 43.4 Å². The lowest BCUT2D eigenvalue weighted by Gasteiger charge is -2.29. The zero-order valence-corrected chi connectivity index (χ0v) is 14.0. The maximum atomic E-state index is 12.4. The molecule has 1 aliphatic carbocycles. The smallest absolute Gasteiger partial charge is 0.318 e. The Morgan fingerprint density at radius 2 is 1.86 bits per heavy atom. The molecule has 3 nitrogen and oxygen atoms in total. The number of rotatable bonds is 2. The van der Waals surface area contributed by atoms with Crippen LogP contribution in [0.25, 0.3) is 0 Å². The lowest BCUT2D eigenvalue weighted by atomic mass is 9.78. The van der Waals surface area contributed by atoms with Crippen LogP contribution in [0, 0.1) is 5.92 Å². The maximum Gasteiger partial charge on any atom is 0.318 e. The molecule has 2 atom stereocenters. The average Bonchev–Trinajstić information content (AvgIpc) is 2.37. The van der Waals surface area contributed by atoms with E-state index < -0.39 is 17.5 Å². The van der Waals surface area contributed by atoms with Crippen molar-refractivity contribution in [1.29, 1.82) is 0 Å². The Morgan fingerprint density at radius 3 is 2.43 bits per heavy atom. The highest BCUT2D eigenvalue weighted by Crippen LogP contribution is 2.35. The largest absolute Gasteiger partial charge is 0.459 e. The molecular weight excluding hydrogens is 332 g/mol. The minimum atomic E-state index is -0.754. The lowest BCUT2D eigenvalue weighted by molar-refractivity contribution is -0.162. The van der Waals surface area contributed by atoms with E-state index in [0.717, 1.165) is 10.0 Å². The summed E-state index contributed by atoms with van der Waals surface area (Å²) in [5, 5.41) is 0. The van der Waals surface area contributed by atoms with Crippen LogP contribution in [-0.2, 0) is 14.3 Å². The van der Waals surface area contributed by atoms with Crippen LogP contribution < -0.4 is 0 Å². The molecule has 1 aliphatic rings. The van der Waals surface area contributed by atoms with Crippen molar-refractivity contribution in [1.82, 2.24) is 0 Å². The van der Waals surface area contributed by atoms with Gasteiger partial charge in [-0.1, -0.05) is 34.1 Å². The monoisotopic (exact) mass is 350 g/mol. The second-order valence-electron chi connectivity index (χ2n) is 6.21. The number of carbonyl (C=O) groups is 2. The van der Waals surface area contributed by atoms with Crippen molar-refractivity contribution in [2.45, 2.75) is 38.7 Å². The van der Waals surface area contributed by atoms with Crippen LogP contribution in [0.5, 0.6) is 0 Å². The standard InChI is InChI=1S/C17H19BrO3/c1-17(2,3)21-16(20)15-13(5-4-6-14(15)19)11-7-9-12(18)10-8-11/h4,6-10,13,15H,5H2,1-3H3/t13-,15-/m0/s1. The van der Waals surface area contributed by atoms with Gasteiger partial charge in [0.1, 0.15) is 11.5 Å². The average molecular weight is 351 g/mol. The number of carbonyl (C=O) groups excluding carboxylic acids is 2. The van der Waals surface area contributed by atoms with Gasteiger partial charge in [-0.2, -0.15) is 0 Å². The van der Waals surface area contributed by atoms with Crippen molar-refractivity contribution >= 4 is 27.7 Å². The predicted octanol–water partition coefficient (Wildman–Crippen LogP) is 4.02. The first-order chi connectivity index (χ1) is 9.78. The van der Waals surface area contributed by atoms with E-state index >= 15 is 0 Å². The highest BCUT2D eigenvalue weighted by atomic mass is 79.9. The maximum absolute atomic E-state index is 12.4. The predicted molar refractivity (Wildman–Crippen MR) is 85.0 cm³/mol. The van der Waals surface area contributed by atoms with Crippen molar-refractivity contribution in [3.63, 3.8) is 0 Å². The van der Waals surface area contributed by atoms with E-state index in [2.05, 4.69) is 15.9 Å². The molecule has 0 bridgehead atoms. The summed E-state index contributed by atoms with van der Waals surface area (Å²) in [7, 11) is 0. The van der Waals surface area contributed by atoms with Gasteiger partial charge in [-0.15, -0.1) is 0 Å². The third-order valence-electron chi connectivity index (χ3n) is 3.34. The van der Waals surface area contributed by atoms with E-state index in [0.29, 0.717) is 6.42 Å². The van der Waals surface area contributed by atoms with Gasteiger partial charge in [-0.05, 0) is 51.0 Å². The molecule has 0 fully saturated rings. The molecule has 0 heterocycles. The van der Waals surface area contributed by atoms with E-state index in [-0.39, 0.29) is 11.7 Å². The van der Waals surface area contributed by atoms with Crippen molar-refractivity contribution < 1.29 is 14.3 Å². The van der Waals surface area contributed by atoms with Gasteiger partial charge >= 0.3 is 5.97 Å². The number of ether oxygens (including phenoxy) is 1. The third-order valence-corrected chi connectivity index (χ3v) is 3.87. The van der Waals surface area contributed by atoms with E-state index in [1.54, 1.807) is 0 Å². The van der Waals surface area contributed by atoms with Crippen LogP contribution >= 0.6 is 15.9 Å². The summed E-state index contributed by atoms with van der Waals surface area (Å²) < 4.78 is 6.39. The van der Waals surface area contributed by atoms with Crippen molar-refractivity contribution in [2.75, 3.05) is 0 Å². The number of allylic oxidation sites excluding steroid dienone is 2. The fourth-order valence-corrected chi connectivity index (χ4v) is 2.72. The fourth-order valence-electron chi connectivity index (χ4n) is 2.45. The molecule has 0 aliphatic heterocycles. The van der Waals surface area contributed by atoms with Gasteiger partial charge in [0.15, 0.2) is 5.78 Å². The van der Waals surface area contributed by atoms with E-state index in [4.69, 9.17) is 4.74 Å². The van der Waals surface area contributed by atoms with Crippen LogP contribution in [-0.4, -0.2) is 17.4 Å². The normalized spacial score (nSPS) is 22.2. The first-order valence-corrected chi connectivity index (χ1v) is 7.76. The molecule has 1 aromatic rings. The third kappa shape index (κ3) is 4.03. The van der Waals surface area contributed by atoms with Gasteiger partial charge < -0.3 is 4.74 Å². The van der Waals surface area contributed by atoms with Crippen LogP contribution in [0.1, 0.15) is 38.7 Å². The molecule has 0 radical (unpaired) electrons. The molecule has 0 N–H and O–H groups in total. The summed E-state index contributed by atoms with van der Waals surface area (Å²) in [5.41, 5.74) is 0.384. The van der Waals surface area contributed by atoms with Crippen LogP contribution in [0.2, 0.25) is 0 Å². The zero-order chi connectivity index (χ0) is 15.6. The molecule has 2 rings (SSSR count). The first-order valence-electron chi connectivity index (χ1n) is 6.96. The summed E-state index contributed by atoms with van der Waals surface area (Å²) in [6, 6.07) is 7.73. The zero-order valence-electron chi connectivity index (χ0n) is 12.4. The van der Waals surface area contributed by atoms with Gasteiger partial charge in [0.2, 0.25) is 0 Å². The summed E-state index contributed by atoms with van der Waals surface area (Å²) in [6.45, 7) is 5.42. The molecule has 1 aromatic carbocycles. The Morgan fingerprint density at radius 1 is 1.24 bits per heavy atom. The van der Waals surface area contributed by atoms with Crippen LogP contribution in [0.4, 0.5) is 0 Å². The second kappa shape index (κ2) is 6.14. The van der Waals surface area contributed by atoms with E-state index in [1.807, 2.05) is 51.1 Å². The van der Waals surface area contributed by atoms with Crippen molar-refractivity contribution in [3.8, 4) is 0 Å². The molecular formula is C17H19BrO3. The van der Waals surface area contributed by atoms with Crippen molar-refractivity contribution in [3.05, 3.63) is 46.5 Å². The van der Waals surface area contributed by atoms with Crippen molar-refractivity contribution in [2.24, 2.45) is 5.92 Å². The SMILES string of the molecule is CC(C)(C)OC(=O)[C@@H]1C(=O)C=CC[C@H]1c1ccc(Br)cc1. The van der Waals surface area contributed by atoms with Gasteiger partial charge in [-0.25, -0.2) is 0 Å². The fraction of sp³-hybridized carbons (Fsp3) is 0.412. The molecule has 21 heavy (non-hydrogen) atoms. The molecule has 0 saturated heterocycles. The highest BCUT2D eigenvalue weighted by Gasteiger charge is 2.38. The van der Waals surface area contributed by atoms with E-state index in [1.165, 1.54) is 6.08 Å². The quantitative estimate of drug-likeness (QED) is 0.597. The van der Waals surface area contributed by atoms with Gasteiger partial charge in [0, 0.05) is 10.4 Å². The van der Waals surface area contributed by atoms with Gasteiger partial charge in [-0.3, -0.25) is 9.59 Å².